The Hall–Kier alpha value is -2.24. The number of carbonyl (C=O) groups excluding carboxylic acids is 1. The lowest BCUT2D eigenvalue weighted by Gasteiger charge is -2.16. The molecule has 0 heterocycles. The Balaban J connectivity index is 0.00000312. The van der Waals surface area contributed by atoms with Gasteiger partial charge in [0.1, 0.15) is 6.61 Å². The lowest BCUT2D eigenvalue weighted by Crippen LogP contribution is -2.17. The molecule has 6 heteroatoms. The van der Waals surface area contributed by atoms with Gasteiger partial charge >= 0.3 is 5.97 Å². The van der Waals surface area contributed by atoms with Crippen molar-refractivity contribution in [2.45, 2.75) is 26.0 Å². The molecule has 25 heavy (non-hydrogen) atoms. The first kappa shape index (κ1) is 20.8. The largest absolute Gasteiger partial charge is 0.493 e. The molecule has 2 aromatic rings. The number of halogens is 1. The van der Waals surface area contributed by atoms with Crippen molar-refractivity contribution in [3.8, 4) is 11.5 Å². The van der Waals surface area contributed by atoms with Gasteiger partial charge in [-0.25, -0.2) is 0 Å². The number of methoxy groups -OCH3 is 1. The highest BCUT2D eigenvalue weighted by Gasteiger charge is 2.15. The highest BCUT2D eigenvalue weighted by Crippen LogP contribution is 2.31. The van der Waals surface area contributed by atoms with Crippen molar-refractivity contribution in [2.24, 2.45) is 5.73 Å². The zero-order valence-electron chi connectivity index (χ0n) is 14.4. The molecule has 0 aliphatic rings. The van der Waals surface area contributed by atoms with Crippen LogP contribution in [-0.2, 0) is 16.1 Å². The zero-order valence-corrected chi connectivity index (χ0v) is 15.3. The highest BCUT2D eigenvalue weighted by atomic mass is 35.5. The fraction of sp³-hybridized carbons (Fsp3) is 0.316. The van der Waals surface area contributed by atoms with E-state index in [1.165, 1.54) is 0 Å². The van der Waals surface area contributed by atoms with Crippen molar-refractivity contribution < 1.29 is 19.0 Å². The maximum absolute atomic E-state index is 11.6. The van der Waals surface area contributed by atoms with Crippen molar-refractivity contribution in [3.05, 3.63) is 59.7 Å². The van der Waals surface area contributed by atoms with E-state index in [-0.39, 0.29) is 24.8 Å². The fourth-order valence-electron chi connectivity index (χ4n) is 2.29. The third kappa shape index (κ3) is 6.29. The summed E-state index contributed by atoms with van der Waals surface area (Å²) in [7, 11) is 1.59. The van der Waals surface area contributed by atoms with Gasteiger partial charge in [-0.2, -0.15) is 0 Å². The summed E-state index contributed by atoms with van der Waals surface area (Å²) >= 11 is 0. The van der Waals surface area contributed by atoms with Gasteiger partial charge in [0.15, 0.2) is 11.5 Å². The van der Waals surface area contributed by atoms with E-state index in [1.807, 2.05) is 42.5 Å². The van der Waals surface area contributed by atoms with E-state index in [2.05, 4.69) is 0 Å². The van der Waals surface area contributed by atoms with Gasteiger partial charge in [0.2, 0.25) is 0 Å². The first-order chi connectivity index (χ1) is 11.6. The molecular formula is C19H24ClNO4. The number of hydrogen-bond acceptors (Lipinski definition) is 5. The normalized spacial score (nSPS) is 11.2. The monoisotopic (exact) mass is 365 g/mol. The Morgan fingerprint density at radius 2 is 1.84 bits per heavy atom. The van der Waals surface area contributed by atoms with E-state index in [9.17, 15) is 4.79 Å². The van der Waals surface area contributed by atoms with Crippen molar-refractivity contribution in [1.82, 2.24) is 0 Å². The lowest BCUT2D eigenvalue weighted by molar-refractivity contribution is -0.143. The summed E-state index contributed by atoms with van der Waals surface area (Å²) in [6.07, 6.45) is 0.123. The predicted molar refractivity (Wildman–Crippen MR) is 99.2 cm³/mol. The van der Waals surface area contributed by atoms with Crippen LogP contribution in [0.15, 0.2) is 48.5 Å². The van der Waals surface area contributed by atoms with Gasteiger partial charge in [-0.1, -0.05) is 36.4 Å². The highest BCUT2D eigenvalue weighted by molar-refractivity contribution is 5.85. The SMILES string of the molecule is CCOC(=O)C[C@@H](N)c1ccc(OC)c(OCc2ccccc2)c1.Cl. The minimum atomic E-state index is -0.450. The molecule has 136 valence electrons. The van der Waals surface area contributed by atoms with Crippen LogP contribution in [0.2, 0.25) is 0 Å². The van der Waals surface area contributed by atoms with E-state index in [1.54, 1.807) is 20.1 Å². The molecule has 0 saturated heterocycles. The number of ether oxygens (including phenoxy) is 3. The van der Waals surface area contributed by atoms with Crippen LogP contribution in [0.3, 0.4) is 0 Å². The molecule has 0 spiro atoms. The Labute approximate surface area is 154 Å². The molecule has 0 saturated carbocycles. The van der Waals surface area contributed by atoms with Gasteiger partial charge in [0, 0.05) is 6.04 Å². The van der Waals surface area contributed by atoms with Crippen molar-refractivity contribution in [3.63, 3.8) is 0 Å². The predicted octanol–water partition coefficient (Wildman–Crippen LogP) is 3.65. The molecule has 2 N–H and O–H groups in total. The summed E-state index contributed by atoms with van der Waals surface area (Å²) in [6.45, 7) is 2.54. The first-order valence-corrected chi connectivity index (χ1v) is 7.90. The standard InChI is InChI=1S/C19H23NO4.ClH/c1-3-23-19(21)12-16(20)15-9-10-17(22-2)18(11-15)24-13-14-7-5-4-6-8-14;/h4-11,16H,3,12-13,20H2,1-2H3;1H/t16-;/m1./s1. The van der Waals surface area contributed by atoms with Gasteiger partial charge in [0.25, 0.3) is 0 Å². The van der Waals surface area contributed by atoms with Gasteiger partial charge in [0.05, 0.1) is 20.1 Å². The first-order valence-electron chi connectivity index (χ1n) is 7.90. The maximum Gasteiger partial charge on any atom is 0.307 e. The lowest BCUT2D eigenvalue weighted by atomic mass is 10.0. The van der Waals surface area contributed by atoms with Gasteiger partial charge in [-0.3, -0.25) is 4.79 Å². The number of hydrogen-bond donors (Lipinski definition) is 1. The number of carbonyl (C=O) groups is 1. The molecule has 0 fully saturated rings. The average Bonchev–Trinajstić information content (AvgIpc) is 2.60. The number of benzene rings is 2. The number of esters is 1. The van der Waals surface area contributed by atoms with Crippen LogP contribution in [0.25, 0.3) is 0 Å². The molecule has 2 rings (SSSR count). The Bertz CT molecular complexity index is 664. The molecule has 0 bridgehead atoms. The molecule has 1 atom stereocenters. The van der Waals surface area contributed by atoms with Crippen LogP contribution in [0.4, 0.5) is 0 Å². The van der Waals surface area contributed by atoms with Gasteiger partial charge in [-0.05, 0) is 30.2 Å². The molecule has 0 radical (unpaired) electrons. The minimum Gasteiger partial charge on any atom is -0.493 e. The van der Waals surface area contributed by atoms with E-state index < -0.39 is 6.04 Å². The van der Waals surface area contributed by atoms with Crippen LogP contribution in [-0.4, -0.2) is 19.7 Å². The van der Waals surface area contributed by atoms with Crippen molar-refractivity contribution >= 4 is 18.4 Å². The molecule has 0 amide bonds. The van der Waals surface area contributed by atoms with E-state index >= 15 is 0 Å². The zero-order chi connectivity index (χ0) is 17.4. The third-order valence-corrected chi connectivity index (χ3v) is 3.54. The van der Waals surface area contributed by atoms with Gasteiger partial charge in [-0.15, -0.1) is 12.4 Å². The second-order valence-corrected chi connectivity index (χ2v) is 5.30. The van der Waals surface area contributed by atoms with Crippen LogP contribution in [0.5, 0.6) is 11.5 Å². The van der Waals surface area contributed by atoms with Crippen LogP contribution >= 0.6 is 12.4 Å². The van der Waals surface area contributed by atoms with Crippen LogP contribution < -0.4 is 15.2 Å². The van der Waals surface area contributed by atoms with E-state index in [0.29, 0.717) is 24.7 Å². The smallest absolute Gasteiger partial charge is 0.307 e. The van der Waals surface area contributed by atoms with Gasteiger partial charge < -0.3 is 19.9 Å². The third-order valence-electron chi connectivity index (χ3n) is 3.54. The Morgan fingerprint density at radius 3 is 2.48 bits per heavy atom. The molecule has 0 aromatic heterocycles. The second-order valence-electron chi connectivity index (χ2n) is 5.30. The fourth-order valence-corrected chi connectivity index (χ4v) is 2.29. The minimum absolute atomic E-state index is 0. The van der Waals surface area contributed by atoms with Crippen molar-refractivity contribution in [2.75, 3.05) is 13.7 Å². The van der Waals surface area contributed by atoms with E-state index in [0.717, 1.165) is 11.1 Å². The number of nitrogens with two attached hydrogens (primary N) is 1. The number of rotatable bonds is 8. The molecule has 2 aromatic carbocycles. The second kappa shape index (κ2) is 10.6. The molecule has 0 unspecified atom stereocenters. The molecule has 5 nitrogen and oxygen atoms in total. The van der Waals surface area contributed by atoms with E-state index in [4.69, 9.17) is 19.9 Å². The summed E-state index contributed by atoms with van der Waals surface area (Å²) < 4.78 is 16.1. The Morgan fingerprint density at radius 1 is 1.12 bits per heavy atom. The average molecular weight is 366 g/mol. The summed E-state index contributed by atoms with van der Waals surface area (Å²) in [4.78, 5) is 11.6. The van der Waals surface area contributed by atoms with Crippen LogP contribution in [0, 0.1) is 0 Å². The maximum atomic E-state index is 11.6. The molecule has 0 aliphatic carbocycles. The summed E-state index contributed by atoms with van der Waals surface area (Å²) in [5, 5.41) is 0. The van der Waals surface area contributed by atoms with Crippen LogP contribution in [0.1, 0.15) is 30.5 Å². The summed E-state index contributed by atoms with van der Waals surface area (Å²) in [6, 6.07) is 14.8. The topological polar surface area (TPSA) is 70.8 Å². The molecular weight excluding hydrogens is 342 g/mol. The molecule has 0 aliphatic heterocycles. The summed E-state index contributed by atoms with van der Waals surface area (Å²) in [5.41, 5.74) is 7.95. The quantitative estimate of drug-likeness (QED) is 0.723. The van der Waals surface area contributed by atoms with Crippen molar-refractivity contribution in [1.29, 1.82) is 0 Å². The summed E-state index contributed by atoms with van der Waals surface area (Å²) in [5.74, 6) is 0.906. The Kier molecular flexibility index (Phi) is 8.81.